The van der Waals surface area contributed by atoms with Gasteiger partial charge in [0.1, 0.15) is 18.2 Å². The monoisotopic (exact) mass is 233 g/mol. The zero-order valence-electron chi connectivity index (χ0n) is 9.71. The Morgan fingerprint density at radius 1 is 1.47 bits per heavy atom. The summed E-state index contributed by atoms with van der Waals surface area (Å²) in [7, 11) is 0. The molecule has 3 rings (SSSR count). The van der Waals surface area contributed by atoms with Crippen LogP contribution in [-0.4, -0.2) is 32.4 Å². The van der Waals surface area contributed by atoms with Gasteiger partial charge in [0, 0.05) is 11.6 Å². The van der Waals surface area contributed by atoms with Crippen molar-refractivity contribution in [2.75, 3.05) is 6.61 Å². The minimum Gasteiger partial charge on any atom is -0.394 e. The van der Waals surface area contributed by atoms with Crippen molar-refractivity contribution in [1.29, 1.82) is 0 Å². The van der Waals surface area contributed by atoms with Crippen molar-refractivity contribution in [2.45, 2.75) is 32.1 Å². The SMILES string of the molecule is Cc1ncnc2c1ccn2[C@H]1CC[C@@H](CO)O1. The molecule has 90 valence electrons. The number of aliphatic hydroxyl groups excluding tert-OH is 1. The topological polar surface area (TPSA) is 60.2 Å². The molecule has 0 radical (unpaired) electrons. The Labute approximate surface area is 99.1 Å². The van der Waals surface area contributed by atoms with Gasteiger partial charge in [0.25, 0.3) is 0 Å². The molecule has 17 heavy (non-hydrogen) atoms. The highest BCUT2D eigenvalue weighted by atomic mass is 16.5. The highest BCUT2D eigenvalue weighted by molar-refractivity contribution is 5.78. The summed E-state index contributed by atoms with van der Waals surface area (Å²) in [5.74, 6) is 0. The van der Waals surface area contributed by atoms with Crippen LogP contribution in [0.1, 0.15) is 24.8 Å². The molecule has 5 heteroatoms. The Balaban J connectivity index is 1.99. The normalized spacial score (nSPS) is 24.6. The second kappa shape index (κ2) is 4.09. The van der Waals surface area contributed by atoms with Crippen LogP contribution in [0.2, 0.25) is 0 Å². The van der Waals surface area contributed by atoms with Gasteiger partial charge in [-0.05, 0) is 25.8 Å². The zero-order chi connectivity index (χ0) is 11.8. The first-order chi connectivity index (χ1) is 8.29. The van der Waals surface area contributed by atoms with Gasteiger partial charge in [0.2, 0.25) is 0 Å². The Bertz CT molecular complexity index is 538. The Morgan fingerprint density at radius 2 is 2.35 bits per heavy atom. The van der Waals surface area contributed by atoms with E-state index in [0.29, 0.717) is 0 Å². The first-order valence-corrected chi connectivity index (χ1v) is 5.84. The zero-order valence-corrected chi connectivity index (χ0v) is 9.71. The van der Waals surface area contributed by atoms with Crippen molar-refractivity contribution < 1.29 is 9.84 Å². The van der Waals surface area contributed by atoms with E-state index in [-0.39, 0.29) is 18.9 Å². The number of fused-ring (bicyclic) bond motifs is 1. The van der Waals surface area contributed by atoms with Crippen molar-refractivity contribution in [1.82, 2.24) is 14.5 Å². The molecule has 1 aliphatic heterocycles. The van der Waals surface area contributed by atoms with E-state index in [1.54, 1.807) is 6.33 Å². The van der Waals surface area contributed by atoms with Crippen molar-refractivity contribution in [3.05, 3.63) is 24.3 Å². The molecule has 2 atom stereocenters. The molecule has 1 saturated heterocycles. The van der Waals surface area contributed by atoms with Crippen LogP contribution < -0.4 is 0 Å². The van der Waals surface area contributed by atoms with Crippen molar-refractivity contribution in [3.63, 3.8) is 0 Å². The van der Waals surface area contributed by atoms with Crippen LogP contribution in [-0.2, 0) is 4.74 Å². The number of aromatic nitrogens is 3. The largest absolute Gasteiger partial charge is 0.394 e. The van der Waals surface area contributed by atoms with Crippen LogP contribution in [0, 0.1) is 6.92 Å². The lowest BCUT2D eigenvalue weighted by molar-refractivity contribution is -0.0204. The second-order valence-corrected chi connectivity index (χ2v) is 4.39. The average Bonchev–Trinajstić information content (AvgIpc) is 2.94. The van der Waals surface area contributed by atoms with Crippen LogP contribution in [0.5, 0.6) is 0 Å². The molecule has 2 aromatic rings. The number of aryl methyl sites for hydroxylation is 1. The van der Waals surface area contributed by atoms with E-state index in [2.05, 4.69) is 9.97 Å². The molecular weight excluding hydrogens is 218 g/mol. The molecule has 0 aliphatic carbocycles. The summed E-state index contributed by atoms with van der Waals surface area (Å²) in [6, 6.07) is 2.01. The summed E-state index contributed by atoms with van der Waals surface area (Å²) in [5, 5.41) is 10.1. The highest BCUT2D eigenvalue weighted by Crippen LogP contribution is 2.31. The first kappa shape index (κ1) is 10.7. The van der Waals surface area contributed by atoms with Crippen LogP contribution >= 0.6 is 0 Å². The number of ether oxygens (including phenoxy) is 1. The van der Waals surface area contributed by atoms with Gasteiger partial charge in [-0.25, -0.2) is 9.97 Å². The van der Waals surface area contributed by atoms with E-state index < -0.39 is 0 Å². The lowest BCUT2D eigenvalue weighted by atomic mass is 10.2. The maximum Gasteiger partial charge on any atom is 0.145 e. The Kier molecular flexibility index (Phi) is 2.57. The van der Waals surface area contributed by atoms with Gasteiger partial charge in [-0.1, -0.05) is 0 Å². The van der Waals surface area contributed by atoms with Gasteiger partial charge in [0.15, 0.2) is 0 Å². The summed E-state index contributed by atoms with van der Waals surface area (Å²) in [5.41, 5.74) is 1.88. The van der Waals surface area contributed by atoms with Crippen LogP contribution in [0.25, 0.3) is 11.0 Å². The fraction of sp³-hybridized carbons (Fsp3) is 0.500. The van der Waals surface area contributed by atoms with Gasteiger partial charge in [-0.3, -0.25) is 0 Å². The van der Waals surface area contributed by atoms with Crippen LogP contribution in [0.4, 0.5) is 0 Å². The predicted molar refractivity (Wildman–Crippen MR) is 62.5 cm³/mol. The second-order valence-electron chi connectivity index (χ2n) is 4.39. The van der Waals surface area contributed by atoms with E-state index in [9.17, 15) is 0 Å². The fourth-order valence-electron chi connectivity index (χ4n) is 2.36. The third kappa shape index (κ3) is 1.71. The summed E-state index contributed by atoms with van der Waals surface area (Å²) in [4.78, 5) is 8.48. The van der Waals surface area contributed by atoms with Crippen molar-refractivity contribution >= 4 is 11.0 Å². The van der Waals surface area contributed by atoms with E-state index in [0.717, 1.165) is 29.6 Å². The predicted octanol–water partition coefficient (Wildman–Crippen LogP) is 1.41. The fourth-order valence-corrected chi connectivity index (χ4v) is 2.36. The van der Waals surface area contributed by atoms with Gasteiger partial charge in [-0.2, -0.15) is 0 Å². The summed E-state index contributed by atoms with van der Waals surface area (Å²) < 4.78 is 7.78. The third-order valence-corrected chi connectivity index (χ3v) is 3.31. The summed E-state index contributed by atoms with van der Waals surface area (Å²) >= 11 is 0. The lowest BCUT2D eigenvalue weighted by Gasteiger charge is -2.14. The third-order valence-electron chi connectivity index (χ3n) is 3.31. The standard InChI is InChI=1S/C12H15N3O2/c1-8-10-4-5-15(12(10)14-7-13-8)11-3-2-9(6-16)17-11/h4-5,7,9,11,16H,2-3,6H2,1H3/t9-,11+/m0/s1. The number of aliphatic hydroxyl groups is 1. The highest BCUT2D eigenvalue weighted by Gasteiger charge is 2.26. The van der Waals surface area contributed by atoms with Crippen LogP contribution in [0.15, 0.2) is 18.6 Å². The molecule has 1 N–H and O–H groups in total. The number of rotatable bonds is 2. The molecule has 2 aromatic heterocycles. The van der Waals surface area contributed by atoms with E-state index in [1.165, 1.54) is 0 Å². The van der Waals surface area contributed by atoms with Crippen molar-refractivity contribution in [3.8, 4) is 0 Å². The maximum atomic E-state index is 9.08. The summed E-state index contributed by atoms with van der Waals surface area (Å²) in [6.07, 6.45) is 5.31. The minimum atomic E-state index is -0.0413. The molecule has 3 heterocycles. The molecule has 1 aliphatic rings. The number of hydrogen-bond donors (Lipinski definition) is 1. The maximum absolute atomic E-state index is 9.08. The minimum absolute atomic E-state index is 0.0149. The molecule has 0 amide bonds. The van der Waals surface area contributed by atoms with Gasteiger partial charge in [-0.15, -0.1) is 0 Å². The Hall–Kier alpha value is -1.46. The molecule has 1 fully saturated rings. The van der Waals surface area contributed by atoms with E-state index >= 15 is 0 Å². The first-order valence-electron chi connectivity index (χ1n) is 5.84. The summed E-state index contributed by atoms with van der Waals surface area (Å²) in [6.45, 7) is 2.06. The molecule has 0 bridgehead atoms. The number of hydrogen-bond acceptors (Lipinski definition) is 4. The molecule has 0 spiro atoms. The van der Waals surface area contributed by atoms with E-state index in [1.807, 2.05) is 23.8 Å². The average molecular weight is 233 g/mol. The smallest absolute Gasteiger partial charge is 0.145 e. The van der Waals surface area contributed by atoms with Gasteiger partial charge < -0.3 is 14.4 Å². The van der Waals surface area contributed by atoms with E-state index in [4.69, 9.17) is 9.84 Å². The van der Waals surface area contributed by atoms with Crippen LogP contribution in [0.3, 0.4) is 0 Å². The van der Waals surface area contributed by atoms with Crippen molar-refractivity contribution in [2.24, 2.45) is 0 Å². The molecule has 0 saturated carbocycles. The molecule has 0 aromatic carbocycles. The Morgan fingerprint density at radius 3 is 3.12 bits per heavy atom. The quantitative estimate of drug-likeness (QED) is 0.852. The van der Waals surface area contributed by atoms with Gasteiger partial charge in [0.05, 0.1) is 18.4 Å². The molecule has 5 nitrogen and oxygen atoms in total. The van der Waals surface area contributed by atoms with Gasteiger partial charge >= 0.3 is 0 Å². The number of nitrogens with zero attached hydrogens (tertiary/aromatic N) is 3. The molecule has 0 unspecified atom stereocenters. The molecular formula is C12H15N3O2. The lowest BCUT2D eigenvalue weighted by Crippen LogP contribution is -2.14.